The monoisotopic (exact) mass is 301 g/mol. The van der Waals surface area contributed by atoms with Gasteiger partial charge < -0.3 is 14.7 Å². The molecule has 5 heteroatoms. The molecule has 1 aliphatic carbocycles. The van der Waals surface area contributed by atoms with E-state index < -0.39 is 0 Å². The summed E-state index contributed by atoms with van der Waals surface area (Å²) in [5.41, 5.74) is 3.08. The number of ether oxygens (including phenoxy) is 2. The predicted molar refractivity (Wildman–Crippen MR) is 67.6 cm³/mol. The van der Waals surface area contributed by atoms with Crippen LogP contribution in [-0.4, -0.2) is 18.4 Å². The predicted octanol–water partition coefficient (Wildman–Crippen LogP) is 2.87. The van der Waals surface area contributed by atoms with Crippen molar-refractivity contribution in [2.75, 3.05) is 7.11 Å². The number of benzene rings is 1. The van der Waals surface area contributed by atoms with Gasteiger partial charge in [0.25, 0.3) is 0 Å². The van der Waals surface area contributed by atoms with Gasteiger partial charge in [-0.3, -0.25) is 0 Å². The van der Waals surface area contributed by atoms with Gasteiger partial charge in [0.1, 0.15) is 0 Å². The third-order valence-electron chi connectivity index (χ3n) is 2.95. The summed E-state index contributed by atoms with van der Waals surface area (Å²) in [6.07, 6.45) is 3.74. The van der Waals surface area contributed by atoms with Gasteiger partial charge in [-0.1, -0.05) is 15.9 Å². The summed E-state index contributed by atoms with van der Waals surface area (Å²) >= 11 is 3.43. The first kappa shape index (κ1) is 12.7. The van der Waals surface area contributed by atoms with Crippen molar-refractivity contribution in [1.82, 2.24) is 5.48 Å². The lowest BCUT2D eigenvalue weighted by Gasteiger charge is -2.27. The number of nitrogens with one attached hydrogen (secondary N) is 1. The molecule has 0 atom stereocenters. The van der Waals surface area contributed by atoms with Crippen molar-refractivity contribution < 1.29 is 14.7 Å². The minimum absolute atomic E-state index is 0.306. The molecule has 1 aromatic carbocycles. The lowest BCUT2D eigenvalue weighted by atomic mass is 9.96. The molecule has 17 heavy (non-hydrogen) atoms. The van der Waals surface area contributed by atoms with E-state index in [4.69, 9.17) is 14.7 Å². The average Bonchev–Trinajstić information content (AvgIpc) is 2.27. The van der Waals surface area contributed by atoms with E-state index in [1.165, 1.54) is 6.42 Å². The molecule has 0 bridgehead atoms. The second kappa shape index (κ2) is 5.71. The van der Waals surface area contributed by atoms with Crippen LogP contribution in [0.5, 0.6) is 11.5 Å². The molecule has 0 amide bonds. The molecule has 0 aliphatic heterocycles. The zero-order chi connectivity index (χ0) is 12.3. The quantitative estimate of drug-likeness (QED) is 0.821. The van der Waals surface area contributed by atoms with Crippen LogP contribution in [0.15, 0.2) is 16.6 Å². The first-order valence-corrected chi connectivity index (χ1v) is 6.44. The molecule has 94 valence electrons. The van der Waals surface area contributed by atoms with E-state index in [1.807, 2.05) is 12.1 Å². The van der Waals surface area contributed by atoms with Crippen LogP contribution in [0.25, 0.3) is 0 Å². The van der Waals surface area contributed by atoms with Crippen LogP contribution in [-0.2, 0) is 6.54 Å². The molecule has 0 unspecified atom stereocenters. The van der Waals surface area contributed by atoms with Gasteiger partial charge in [0.2, 0.25) is 0 Å². The Bertz CT molecular complexity index is 394. The van der Waals surface area contributed by atoms with Crippen LogP contribution in [0.1, 0.15) is 24.8 Å². The normalized spacial score (nSPS) is 15.5. The van der Waals surface area contributed by atoms with Crippen molar-refractivity contribution in [1.29, 1.82) is 0 Å². The average molecular weight is 302 g/mol. The molecular weight excluding hydrogens is 286 g/mol. The molecule has 2 N–H and O–H groups in total. The van der Waals surface area contributed by atoms with Crippen molar-refractivity contribution in [3.8, 4) is 11.5 Å². The first-order chi connectivity index (χ1) is 8.24. The fraction of sp³-hybridized carbons (Fsp3) is 0.500. The Balaban J connectivity index is 2.22. The highest BCUT2D eigenvalue weighted by atomic mass is 79.9. The molecule has 0 spiro atoms. The highest BCUT2D eigenvalue weighted by Gasteiger charge is 2.21. The Kier molecular flexibility index (Phi) is 4.25. The number of halogens is 1. The van der Waals surface area contributed by atoms with Crippen molar-refractivity contribution >= 4 is 15.9 Å². The minimum Gasteiger partial charge on any atom is -0.493 e. The Hall–Kier alpha value is -0.780. The van der Waals surface area contributed by atoms with Crippen molar-refractivity contribution in [2.24, 2.45) is 0 Å². The summed E-state index contributed by atoms with van der Waals surface area (Å²) in [4.78, 5) is 0. The molecule has 1 aromatic rings. The summed E-state index contributed by atoms with van der Waals surface area (Å²) in [6, 6.07) is 3.76. The van der Waals surface area contributed by atoms with E-state index in [0.29, 0.717) is 18.4 Å². The topological polar surface area (TPSA) is 50.7 Å². The van der Waals surface area contributed by atoms with Crippen LogP contribution in [0.4, 0.5) is 0 Å². The number of hydrogen-bond acceptors (Lipinski definition) is 4. The Morgan fingerprint density at radius 2 is 2.18 bits per heavy atom. The maximum atomic E-state index is 8.76. The number of hydroxylamine groups is 1. The van der Waals surface area contributed by atoms with Crippen molar-refractivity contribution in [3.63, 3.8) is 0 Å². The van der Waals surface area contributed by atoms with Crippen LogP contribution in [0, 0.1) is 0 Å². The molecular formula is C12H16BrNO3. The van der Waals surface area contributed by atoms with E-state index >= 15 is 0 Å². The molecule has 4 nitrogen and oxygen atoms in total. The Morgan fingerprint density at radius 1 is 1.41 bits per heavy atom. The molecule has 2 rings (SSSR count). The molecule has 0 saturated heterocycles. The van der Waals surface area contributed by atoms with E-state index in [9.17, 15) is 0 Å². The largest absolute Gasteiger partial charge is 0.493 e. The van der Waals surface area contributed by atoms with Crippen LogP contribution >= 0.6 is 15.9 Å². The molecule has 1 saturated carbocycles. The zero-order valence-electron chi connectivity index (χ0n) is 9.70. The standard InChI is InChI=1S/C12H16BrNO3/c1-16-11-6-10(13)8(7-14-15)5-12(11)17-9-3-2-4-9/h5-6,9,14-15H,2-4,7H2,1H3. The maximum Gasteiger partial charge on any atom is 0.161 e. The minimum atomic E-state index is 0.306. The van der Waals surface area contributed by atoms with Crippen LogP contribution in [0.3, 0.4) is 0 Å². The number of hydrogen-bond donors (Lipinski definition) is 2. The van der Waals surface area contributed by atoms with Gasteiger partial charge in [-0.15, -0.1) is 0 Å². The second-order valence-corrected chi connectivity index (χ2v) is 4.95. The first-order valence-electron chi connectivity index (χ1n) is 5.64. The van der Waals surface area contributed by atoms with Crippen molar-refractivity contribution in [3.05, 3.63) is 22.2 Å². The fourth-order valence-corrected chi connectivity index (χ4v) is 2.18. The molecule has 0 heterocycles. The van der Waals surface area contributed by atoms with E-state index in [-0.39, 0.29) is 0 Å². The smallest absolute Gasteiger partial charge is 0.161 e. The highest BCUT2D eigenvalue weighted by Crippen LogP contribution is 2.36. The summed E-state index contributed by atoms with van der Waals surface area (Å²) in [5, 5.41) is 8.76. The van der Waals surface area contributed by atoms with E-state index in [2.05, 4.69) is 21.4 Å². The van der Waals surface area contributed by atoms with Gasteiger partial charge >= 0.3 is 0 Å². The lowest BCUT2D eigenvalue weighted by Crippen LogP contribution is -2.24. The second-order valence-electron chi connectivity index (χ2n) is 4.10. The lowest BCUT2D eigenvalue weighted by molar-refractivity contribution is 0.115. The maximum absolute atomic E-state index is 8.76. The molecule has 0 aromatic heterocycles. The van der Waals surface area contributed by atoms with Gasteiger partial charge in [0, 0.05) is 11.0 Å². The zero-order valence-corrected chi connectivity index (χ0v) is 11.3. The van der Waals surface area contributed by atoms with Gasteiger partial charge in [0.15, 0.2) is 11.5 Å². The number of methoxy groups -OCH3 is 1. The summed E-state index contributed by atoms with van der Waals surface area (Å²) in [7, 11) is 1.62. The van der Waals surface area contributed by atoms with Gasteiger partial charge in [-0.25, -0.2) is 5.48 Å². The molecule has 1 fully saturated rings. The molecule has 1 aliphatic rings. The van der Waals surface area contributed by atoms with E-state index in [0.717, 1.165) is 28.6 Å². The summed E-state index contributed by atoms with van der Waals surface area (Å²) < 4.78 is 12.0. The SMILES string of the molecule is COc1cc(Br)c(CNO)cc1OC1CCC1. The summed E-state index contributed by atoms with van der Waals surface area (Å²) in [5.74, 6) is 1.45. The Labute approximate surface area is 109 Å². The van der Waals surface area contributed by atoms with Gasteiger partial charge in [-0.2, -0.15) is 0 Å². The molecule has 0 radical (unpaired) electrons. The van der Waals surface area contributed by atoms with Crippen LogP contribution in [0.2, 0.25) is 0 Å². The van der Waals surface area contributed by atoms with Gasteiger partial charge in [-0.05, 0) is 37.0 Å². The van der Waals surface area contributed by atoms with Gasteiger partial charge in [0.05, 0.1) is 13.2 Å². The third kappa shape index (κ3) is 2.91. The van der Waals surface area contributed by atoms with Crippen LogP contribution < -0.4 is 15.0 Å². The summed E-state index contributed by atoms with van der Waals surface area (Å²) in [6.45, 7) is 0.367. The van der Waals surface area contributed by atoms with Crippen molar-refractivity contribution in [2.45, 2.75) is 31.9 Å². The Morgan fingerprint density at radius 3 is 2.71 bits per heavy atom. The van der Waals surface area contributed by atoms with E-state index in [1.54, 1.807) is 7.11 Å². The number of rotatable bonds is 5. The highest BCUT2D eigenvalue weighted by molar-refractivity contribution is 9.10. The third-order valence-corrected chi connectivity index (χ3v) is 3.69. The fourth-order valence-electron chi connectivity index (χ4n) is 1.72.